The van der Waals surface area contributed by atoms with Gasteiger partial charge in [-0.1, -0.05) is 37.3 Å². The van der Waals surface area contributed by atoms with Gasteiger partial charge < -0.3 is 10.1 Å². The van der Waals surface area contributed by atoms with Gasteiger partial charge in [-0.3, -0.25) is 0 Å². The van der Waals surface area contributed by atoms with Crippen LogP contribution >= 0.6 is 11.3 Å². The Morgan fingerprint density at radius 3 is 2.61 bits per heavy atom. The molecular weight excluding hydrogens is 366 g/mol. The average molecular weight is 390 g/mol. The molecule has 2 aromatic heterocycles. The van der Waals surface area contributed by atoms with E-state index in [1.165, 1.54) is 11.1 Å². The van der Waals surface area contributed by atoms with Gasteiger partial charge in [0, 0.05) is 16.6 Å². The van der Waals surface area contributed by atoms with E-state index in [1.54, 1.807) is 17.7 Å². The lowest BCUT2D eigenvalue weighted by Crippen LogP contribution is -2.01. The van der Waals surface area contributed by atoms with Gasteiger partial charge in [0.1, 0.15) is 22.7 Å². The minimum atomic E-state index is 0.666. The Morgan fingerprint density at radius 2 is 1.86 bits per heavy atom. The topological polar surface area (TPSA) is 47.0 Å². The zero-order chi connectivity index (χ0) is 19.5. The van der Waals surface area contributed by atoms with Crippen molar-refractivity contribution < 1.29 is 4.74 Å². The van der Waals surface area contributed by atoms with Crippen LogP contribution in [-0.2, 0) is 6.42 Å². The van der Waals surface area contributed by atoms with Gasteiger partial charge in [-0.15, -0.1) is 11.3 Å². The number of aromatic nitrogens is 2. The Hall–Kier alpha value is -2.92. The highest BCUT2D eigenvalue weighted by Gasteiger charge is 2.15. The standard InChI is InChI=1S/C23H23N3OS/c1-4-16-8-6-7-15(3)21(16)26-22-20-19(13-28-23(20)25-14-24-22)17-9-11-18(12-10-17)27-5-2/h6-14H,4-5H2,1-3H3,(H,24,25,26). The summed E-state index contributed by atoms with van der Waals surface area (Å²) in [6.45, 7) is 6.96. The zero-order valence-corrected chi connectivity index (χ0v) is 17.1. The maximum atomic E-state index is 5.57. The second kappa shape index (κ2) is 7.98. The first kappa shape index (κ1) is 18.4. The molecule has 1 N–H and O–H groups in total. The lowest BCUT2D eigenvalue weighted by atomic mass is 10.0. The highest BCUT2D eigenvalue weighted by Crippen LogP contribution is 2.38. The molecule has 28 heavy (non-hydrogen) atoms. The number of rotatable bonds is 6. The molecule has 0 atom stereocenters. The van der Waals surface area contributed by atoms with Gasteiger partial charge in [0.15, 0.2) is 0 Å². The summed E-state index contributed by atoms with van der Waals surface area (Å²) in [5.74, 6) is 1.73. The van der Waals surface area contributed by atoms with Crippen LogP contribution in [0, 0.1) is 6.92 Å². The van der Waals surface area contributed by atoms with Crippen molar-refractivity contribution in [1.29, 1.82) is 0 Å². The predicted molar refractivity (Wildman–Crippen MR) is 118 cm³/mol. The largest absolute Gasteiger partial charge is 0.494 e. The predicted octanol–water partition coefficient (Wildman–Crippen LogP) is 6.37. The average Bonchev–Trinajstić information content (AvgIpc) is 3.15. The van der Waals surface area contributed by atoms with Crippen LogP contribution < -0.4 is 10.1 Å². The fourth-order valence-corrected chi connectivity index (χ4v) is 4.32. The van der Waals surface area contributed by atoms with E-state index in [4.69, 9.17) is 4.74 Å². The minimum Gasteiger partial charge on any atom is -0.494 e. The fraction of sp³-hybridized carbons (Fsp3) is 0.217. The van der Waals surface area contributed by atoms with Gasteiger partial charge in [0.25, 0.3) is 0 Å². The molecule has 0 bridgehead atoms. The molecule has 0 aliphatic rings. The lowest BCUT2D eigenvalue weighted by Gasteiger charge is -2.14. The second-order valence-electron chi connectivity index (χ2n) is 6.60. The van der Waals surface area contributed by atoms with Gasteiger partial charge in [0.2, 0.25) is 0 Å². The molecule has 4 aromatic rings. The quantitative estimate of drug-likeness (QED) is 0.416. The van der Waals surface area contributed by atoms with Crippen LogP contribution in [0.5, 0.6) is 5.75 Å². The van der Waals surface area contributed by atoms with Crippen molar-refractivity contribution in [3.05, 3.63) is 65.3 Å². The number of para-hydroxylation sites is 1. The van der Waals surface area contributed by atoms with Crippen LogP contribution in [0.2, 0.25) is 0 Å². The van der Waals surface area contributed by atoms with E-state index in [-0.39, 0.29) is 0 Å². The third-order valence-corrected chi connectivity index (χ3v) is 5.72. The van der Waals surface area contributed by atoms with Crippen molar-refractivity contribution in [3.63, 3.8) is 0 Å². The maximum Gasteiger partial charge on any atom is 0.143 e. The monoisotopic (exact) mass is 389 g/mol. The molecule has 0 aliphatic heterocycles. The number of nitrogens with zero attached hydrogens (tertiary/aromatic N) is 2. The number of fused-ring (bicyclic) bond motifs is 1. The number of thiophene rings is 1. The van der Waals surface area contributed by atoms with Crippen LogP contribution in [0.15, 0.2) is 54.2 Å². The Balaban J connectivity index is 1.80. The van der Waals surface area contributed by atoms with Gasteiger partial charge in [-0.05, 0) is 49.1 Å². The summed E-state index contributed by atoms with van der Waals surface area (Å²) in [7, 11) is 0. The van der Waals surface area contributed by atoms with Gasteiger partial charge in [-0.25, -0.2) is 9.97 Å². The zero-order valence-electron chi connectivity index (χ0n) is 16.3. The molecule has 142 valence electrons. The first-order valence-electron chi connectivity index (χ1n) is 9.52. The number of ether oxygens (including phenoxy) is 1. The van der Waals surface area contributed by atoms with Crippen LogP contribution in [0.25, 0.3) is 21.3 Å². The molecular formula is C23H23N3OS. The molecule has 0 radical (unpaired) electrons. The van der Waals surface area contributed by atoms with Gasteiger partial charge >= 0.3 is 0 Å². The third kappa shape index (κ3) is 3.45. The molecule has 5 heteroatoms. The van der Waals surface area contributed by atoms with Crippen molar-refractivity contribution in [3.8, 4) is 16.9 Å². The van der Waals surface area contributed by atoms with E-state index in [9.17, 15) is 0 Å². The van der Waals surface area contributed by atoms with Crippen LogP contribution in [0.1, 0.15) is 25.0 Å². The number of hydrogen-bond donors (Lipinski definition) is 1. The molecule has 0 aliphatic carbocycles. The summed E-state index contributed by atoms with van der Waals surface area (Å²) < 4.78 is 5.57. The van der Waals surface area contributed by atoms with Crippen molar-refractivity contribution in [2.75, 3.05) is 11.9 Å². The third-order valence-electron chi connectivity index (χ3n) is 4.83. The molecule has 2 aromatic carbocycles. The summed E-state index contributed by atoms with van der Waals surface area (Å²) >= 11 is 1.64. The van der Waals surface area contributed by atoms with Crippen molar-refractivity contribution in [2.45, 2.75) is 27.2 Å². The molecule has 0 amide bonds. The Morgan fingerprint density at radius 1 is 1.04 bits per heavy atom. The van der Waals surface area contributed by atoms with Gasteiger partial charge in [-0.2, -0.15) is 0 Å². The molecule has 2 heterocycles. The smallest absolute Gasteiger partial charge is 0.143 e. The second-order valence-corrected chi connectivity index (χ2v) is 7.45. The van der Waals surface area contributed by atoms with E-state index < -0.39 is 0 Å². The van der Waals surface area contributed by atoms with Crippen molar-refractivity contribution in [2.24, 2.45) is 0 Å². The Labute approximate surface area is 169 Å². The molecule has 4 nitrogen and oxygen atoms in total. The Bertz CT molecular complexity index is 1100. The molecule has 0 spiro atoms. The normalized spacial score (nSPS) is 11.0. The van der Waals surface area contributed by atoms with Crippen molar-refractivity contribution >= 4 is 33.1 Å². The number of hydrogen-bond acceptors (Lipinski definition) is 5. The molecule has 0 saturated carbocycles. The fourth-order valence-electron chi connectivity index (χ4n) is 3.40. The summed E-state index contributed by atoms with van der Waals surface area (Å²) in [6, 6.07) is 14.6. The number of anilines is 2. The summed E-state index contributed by atoms with van der Waals surface area (Å²) in [5.41, 5.74) is 5.90. The van der Waals surface area contributed by atoms with Gasteiger partial charge in [0.05, 0.1) is 12.0 Å². The number of nitrogens with one attached hydrogen (secondary N) is 1. The minimum absolute atomic E-state index is 0.666. The van der Waals surface area contributed by atoms with E-state index in [0.717, 1.165) is 45.0 Å². The number of aryl methyl sites for hydroxylation is 2. The lowest BCUT2D eigenvalue weighted by molar-refractivity contribution is 0.340. The van der Waals surface area contributed by atoms with E-state index in [0.29, 0.717) is 6.61 Å². The highest BCUT2D eigenvalue weighted by molar-refractivity contribution is 7.17. The SMILES string of the molecule is CCOc1ccc(-c2csc3ncnc(Nc4c(C)cccc4CC)c23)cc1. The van der Waals surface area contributed by atoms with Crippen LogP contribution in [-0.4, -0.2) is 16.6 Å². The van der Waals surface area contributed by atoms with Crippen molar-refractivity contribution in [1.82, 2.24) is 9.97 Å². The van der Waals surface area contributed by atoms with Crippen LogP contribution in [0.3, 0.4) is 0 Å². The summed E-state index contributed by atoms with van der Waals surface area (Å²) in [6.07, 6.45) is 2.60. The number of benzene rings is 2. The van der Waals surface area contributed by atoms with E-state index >= 15 is 0 Å². The first-order valence-corrected chi connectivity index (χ1v) is 10.4. The van der Waals surface area contributed by atoms with E-state index in [1.807, 2.05) is 19.1 Å². The molecule has 0 saturated heterocycles. The van der Waals surface area contributed by atoms with Crippen LogP contribution in [0.4, 0.5) is 11.5 Å². The summed E-state index contributed by atoms with van der Waals surface area (Å²) in [5, 5.41) is 6.80. The molecule has 4 rings (SSSR count). The van der Waals surface area contributed by atoms with E-state index in [2.05, 4.69) is 64.8 Å². The summed E-state index contributed by atoms with van der Waals surface area (Å²) in [4.78, 5) is 10.0. The Kier molecular flexibility index (Phi) is 5.26. The molecule has 0 unspecified atom stereocenters. The maximum absolute atomic E-state index is 5.57. The first-order chi connectivity index (χ1) is 13.7. The highest BCUT2D eigenvalue weighted by atomic mass is 32.1. The molecule has 0 fully saturated rings.